The molecule has 1 atom stereocenters. The van der Waals surface area contributed by atoms with Gasteiger partial charge in [-0.3, -0.25) is 9.59 Å². The quantitative estimate of drug-likeness (QED) is 0.0754. The average Bonchev–Trinajstić information content (AvgIpc) is 2.98. The number of halogens is 1. The normalized spacial score (nSPS) is 11.8. The molecule has 226 valence electrons. The van der Waals surface area contributed by atoms with Gasteiger partial charge in [0, 0.05) is 23.6 Å². The largest absolute Gasteiger partial charge is 0.462 e. The topological polar surface area (TPSA) is 90.9 Å². The van der Waals surface area contributed by atoms with Crippen LogP contribution in [0.3, 0.4) is 0 Å². The van der Waals surface area contributed by atoms with Crippen molar-refractivity contribution in [3.05, 3.63) is 95.6 Å². The monoisotopic (exact) mass is 595 g/mol. The van der Waals surface area contributed by atoms with E-state index in [2.05, 4.69) is 11.9 Å². The second-order valence-electron chi connectivity index (χ2n) is 9.64. The van der Waals surface area contributed by atoms with Crippen molar-refractivity contribution in [2.75, 3.05) is 18.5 Å². The zero-order chi connectivity index (χ0) is 30.6. The Hall–Kier alpha value is -3.84. The van der Waals surface area contributed by atoms with Crippen molar-refractivity contribution in [1.82, 2.24) is 0 Å². The molecule has 2 aromatic rings. The van der Waals surface area contributed by atoms with E-state index < -0.39 is 24.0 Å². The minimum Gasteiger partial charge on any atom is -0.462 e. The lowest BCUT2D eigenvalue weighted by Gasteiger charge is -2.19. The van der Waals surface area contributed by atoms with Crippen LogP contribution in [0.5, 0.6) is 0 Å². The third kappa shape index (κ3) is 13.2. The maximum atomic E-state index is 13.1. The van der Waals surface area contributed by atoms with Crippen LogP contribution >= 0.6 is 11.6 Å². The van der Waals surface area contributed by atoms with Crippen molar-refractivity contribution >= 4 is 40.9 Å². The van der Waals surface area contributed by atoms with Gasteiger partial charge in [0.1, 0.15) is 13.2 Å². The second kappa shape index (κ2) is 20.1. The minimum absolute atomic E-state index is 0.187. The Kier molecular flexibility index (Phi) is 16.4. The molecule has 0 saturated heterocycles. The SMILES string of the molecule is C=CC/C=C\CCCC(=O)OC(COC(=O)CCC/C=C\CC)COC(=O)c1ccccc1Nc1cccc(Cl)c1C. The second-order valence-corrected chi connectivity index (χ2v) is 10.0. The van der Waals surface area contributed by atoms with Gasteiger partial charge in [-0.15, -0.1) is 6.58 Å². The summed E-state index contributed by atoms with van der Waals surface area (Å²) in [7, 11) is 0. The van der Waals surface area contributed by atoms with Crippen molar-refractivity contribution < 1.29 is 28.6 Å². The summed E-state index contributed by atoms with van der Waals surface area (Å²) < 4.78 is 16.5. The predicted molar refractivity (Wildman–Crippen MR) is 168 cm³/mol. The van der Waals surface area contributed by atoms with E-state index in [1.54, 1.807) is 36.4 Å². The molecule has 0 amide bonds. The maximum absolute atomic E-state index is 13.1. The Labute approximate surface area is 254 Å². The van der Waals surface area contributed by atoms with Gasteiger partial charge in [0.05, 0.1) is 11.3 Å². The summed E-state index contributed by atoms with van der Waals surface area (Å²) in [5.74, 6) is -1.46. The molecule has 2 aromatic carbocycles. The lowest BCUT2D eigenvalue weighted by Crippen LogP contribution is -2.31. The molecule has 42 heavy (non-hydrogen) atoms. The molecule has 7 nitrogen and oxygen atoms in total. The zero-order valence-corrected chi connectivity index (χ0v) is 25.4. The summed E-state index contributed by atoms with van der Waals surface area (Å²) in [5.41, 5.74) is 2.43. The number of carbonyl (C=O) groups is 3. The fraction of sp³-hybridized carbons (Fsp3) is 0.382. The van der Waals surface area contributed by atoms with Crippen LogP contribution in [0, 0.1) is 6.92 Å². The Balaban J connectivity index is 2.01. The predicted octanol–water partition coefficient (Wildman–Crippen LogP) is 8.44. The number of nitrogens with one attached hydrogen (secondary N) is 1. The fourth-order valence-electron chi connectivity index (χ4n) is 3.85. The molecule has 0 heterocycles. The van der Waals surface area contributed by atoms with Crippen molar-refractivity contribution in [2.24, 2.45) is 0 Å². The Morgan fingerprint density at radius 2 is 1.55 bits per heavy atom. The summed E-state index contributed by atoms with van der Waals surface area (Å²) in [6.07, 6.45) is 13.8. The van der Waals surface area contributed by atoms with Gasteiger partial charge in [0.2, 0.25) is 0 Å². The van der Waals surface area contributed by atoms with Gasteiger partial charge in [-0.1, -0.05) is 67.1 Å². The molecular weight excluding hydrogens is 554 g/mol. The molecule has 2 rings (SSSR count). The molecule has 0 fully saturated rings. The van der Waals surface area contributed by atoms with Crippen molar-refractivity contribution in [3.63, 3.8) is 0 Å². The van der Waals surface area contributed by atoms with E-state index in [1.807, 2.05) is 50.3 Å². The number of hydrogen-bond acceptors (Lipinski definition) is 7. The molecule has 0 aliphatic heterocycles. The van der Waals surface area contributed by atoms with Crippen molar-refractivity contribution in [2.45, 2.75) is 71.3 Å². The number of carbonyl (C=O) groups excluding carboxylic acids is 3. The number of para-hydroxylation sites is 1. The first-order chi connectivity index (χ1) is 20.3. The van der Waals surface area contributed by atoms with Crippen LogP contribution in [0.25, 0.3) is 0 Å². The molecule has 0 bridgehead atoms. The summed E-state index contributed by atoms with van der Waals surface area (Å²) in [6, 6.07) is 12.4. The number of esters is 3. The average molecular weight is 596 g/mol. The van der Waals surface area contributed by atoms with Crippen LogP contribution in [-0.4, -0.2) is 37.2 Å². The molecule has 0 aliphatic rings. The highest BCUT2D eigenvalue weighted by Crippen LogP contribution is 2.28. The third-order valence-electron chi connectivity index (χ3n) is 6.19. The van der Waals surface area contributed by atoms with Gasteiger partial charge in [-0.2, -0.15) is 0 Å². The van der Waals surface area contributed by atoms with E-state index in [1.165, 1.54) is 0 Å². The van der Waals surface area contributed by atoms with E-state index in [0.29, 0.717) is 29.1 Å². The van der Waals surface area contributed by atoms with Crippen LogP contribution < -0.4 is 5.32 Å². The maximum Gasteiger partial charge on any atom is 0.340 e. The highest BCUT2D eigenvalue weighted by Gasteiger charge is 2.21. The number of rotatable bonds is 19. The van der Waals surface area contributed by atoms with Gasteiger partial charge < -0.3 is 19.5 Å². The molecule has 0 saturated carbocycles. The summed E-state index contributed by atoms with van der Waals surface area (Å²) in [5, 5.41) is 3.84. The minimum atomic E-state index is -0.933. The number of ether oxygens (including phenoxy) is 3. The zero-order valence-electron chi connectivity index (χ0n) is 24.6. The number of allylic oxidation sites excluding steroid dienone is 5. The highest BCUT2D eigenvalue weighted by atomic mass is 35.5. The third-order valence-corrected chi connectivity index (χ3v) is 6.60. The van der Waals surface area contributed by atoms with Gasteiger partial charge in [-0.25, -0.2) is 4.79 Å². The van der Waals surface area contributed by atoms with Crippen LogP contribution in [0.2, 0.25) is 5.02 Å². The van der Waals surface area contributed by atoms with Crippen LogP contribution in [0.1, 0.15) is 74.2 Å². The van der Waals surface area contributed by atoms with E-state index >= 15 is 0 Å². The van der Waals surface area contributed by atoms with Crippen LogP contribution in [-0.2, 0) is 23.8 Å². The van der Waals surface area contributed by atoms with E-state index in [-0.39, 0.29) is 26.1 Å². The van der Waals surface area contributed by atoms with Crippen LogP contribution in [0.4, 0.5) is 11.4 Å². The summed E-state index contributed by atoms with van der Waals surface area (Å²) in [4.78, 5) is 37.9. The first-order valence-corrected chi connectivity index (χ1v) is 14.8. The Morgan fingerprint density at radius 3 is 2.29 bits per heavy atom. The number of anilines is 2. The van der Waals surface area contributed by atoms with Crippen molar-refractivity contribution in [3.8, 4) is 0 Å². The first-order valence-electron chi connectivity index (χ1n) is 14.4. The Bertz CT molecular complexity index is 1220. The van der Waals surface area contributed by atoms with E-state index in [0.717, 1.165) is 36.9 Å². The van der Waals surface area contributed by atoms with Gasteiger partial charge in [0.15, 0.2) is 6.10 Å². The Morgan fingerprint density at radius 1 is 0.881 bits per heavy atom. The molecule has 0 aliphatic carbocycles. The number of unbranched alkanes of at least 4 members (excludes halogenated alkanes) is 2. The number of benzene rings is 2. The molecule has 0 radical (unpaired) electrons. The molecule has 1 unspecified atom stereocenters. The lowest BCUT2D eigenvalue weighted by atomic mass is 10.1. The van der Waals surface area contributed by atoms with Gasteiger partial charge >= 0.3 is 17.9 Å². The summed E-state index contributed by atoms with van der Waals surface area (Å²) in [6.45, 7) is 7.13. The lowest BCUT2D eigenvalue weighted by molar-refractivity contribution is -0.161. The molecule has 0 spiro atoms. The van der Waals surface area contributed by atoms with E-state index in [4.69, 9.17) is 25.8 Å². The summed E-state index contributed by atoms with van der Waals surface area (Å²) >= 11 is 6.25. The molecule has 8 heteroatoms. The fourth-order valence-corrected chi connectivity index (χ4v) is 4.02. The molecule has 0 aromatic heterocycles. The smallest absolute Gasteiger partial charge is 0.340 e. The van der Waals surface area contributed by atoms with Crippen molar-refractivity contribution in [1.29, 1.82) is 0 Å². The first kappa shape index (κ1) is 34.4. The van der Waals surface area contributed by atoms with Gasteiger partial charge in [-0.05, 0) is 75.3 Å². The van der Waals surface area contributed by atoms with E-state index in [9.17, 15) is 14.4 Å². The molecule has 1 N–H and O–H groups in total. The van der Waals surface area contributed by atoms with Crippen LogP contribution in [0.15, 0.2) is 79.4 Å². The van der Waals surface area contributed by atoms with Gasteiger partial charge in [0.25, 0.3) is 0 Å². The molecular formula is C34H42ClNO6. The number of hydrogen-bond donors (Lipinski definition) is 1. The standard InChI is InChI=1S/C34H42ClNO6/c1-4-6-8-10-12-14-23-33(38)42-27(24-40-32(37)22-13-11-9-7-5-2)25-41-34(39)28-18-15-16-20-31(28)36-30-21-17-19-29(35)26(30)3/h4,7-10,15-21,27,36H,1,5-6,11-14,22-25H2,2-3H3/b9-7-,10-8-. The highest BCUT2D eigenvalue weighted by molar-refractivity contribution is 6.31.